The summed E-state index contributed by atoms with van der Waals surface area (Å²) in [5.41, 5.74) is 1.67. The maximum absolute atomic E-state index is 12.8. The van der Waals surface area contributed by atoms with E-state index in [4.69, 9.17) is 0 Å². The van der Waals surface area contributed by atoms with Crippen LogP contribution in [0.25, 0.3) is 0 Å². The maximum Gasteiger partial charge on any atom is 0.264 e. The van der Waals surface area contributed by atoms with E-state index in [2.05, 4.69) is 16.9 Å². The van der Waals surface area contributed by atoms with Gasteiger partial charge in [-0.2, -0.15) is 0 Å². The Morgan fingerprint density at radius 3 is 2.90 bits per heavy atom. The largest absolute Gasteiger partial charge is 0.325 e. The Balaban J connectivity index is 1.96. The van der Waals surface area contributed by atoms with Gasteiger partial charge in [0.05, 0.1) is 4.88 Å². The van der Waals surface area contributed by atoms with Crippen LogP contribution in [0.5, 0.6) is 0 Å². The van der Waals surface area contributed by atoms with E-state index in [0.29, 0.717) is 0 Å². The van der Waals surface area contributed by atoms with Crippen LogP contribution in [0.1, 0.15) is 46.5 Å². The molecule has 3 rings (SSSR count). The minimum atomic E-state index is -0.402. The summed E-state index contributed by atoms with van der Waals surface area (Å²) in [6.07, 6.45) is 3.68. The van der Waals surface area contributed by atoms with Gasteiger partial charge in [0, 0.05) is 18.4 Å². The molecule has 0 N–H and O–H groups in total. The Bertz CT molecular complexity index is 682. The molecule has 0 aliphatic carbocycles. The van der Waals surface area contributed by atoms with Crippen LogP contribution in [0, 0.1) is 13.8 Å². The van der Waals surface area contributed by atoms with Crippen LogP contribution in [0.4, 0.5) is 0 Å². The van der Waals surface area contributed by atoms with Gasteiger partial charge in [0.1, 0.15) is 5.54 Å². The van der Waals surface area contributed by atoms with Gasteiger partial charge in [0.2, 0.25) is 0 Å². The molecule has 0 spiro atoms. The molecule has 21 heavy (non-hydrogen) atoms. The van der Waals surface area contributed by atoms with Gasteiger partial charge in [0.25, 0.3) is 5.91 Å². The van der Waals surface area contributed by atoms with Crippen molar-refractivity contribution >= 4 is 17.2 Å². The molecule has 1 saturated heterocycles. The molecule has 0 unspecified atom stereocenters. The summed E-state index contributed by atoms with van der Waals surface area (Å²) in [5, 5.41) is 2.02. The van der Waals surface area contributed by atoms with Crippen molar-refractivity contribution in [2.24, 2.45) is 0 Å². The number of hydrogen-bond acceptors (Lipinski definition) is 4. The van der Waals surface area contributed by atoms with E-state index in [9.17, 15) is 4.79 Å². The molecule has 1 amide bonds. The van der Waals surface area contributed by atoms with Crippen LogP contribution >= 0.6 is 11.3 Å². The fraction of sp³-hybridized carbons (Fsp3) is 0.438. The summed E-state index contributed by atoms with van der Waals surface area (Å²) in [4.78, 5) is 24.5. The van der Waals surface area contributed by atoms with Crippen molar-refractivity contribution in [2.45, 2.75) is 39.2 Å². The molecule has 1 fully saturated rings. The Labute approximate surface area is 128 Å². The van der Waals surface area contributed by atoms with Crippen LogP contribution in [0.3, 0.4) is 0 Å². The highest BCUT2D eigenvalue weighted by molar-refractivity contribution is 7.12. The molecule has 0 bridgehead atoms. The van der Waals surface area contributed by atoms with Crippen molar-refractivity contribution in [1.82, 2.24) is 14.9 Å². The van der Waals surface area contributed by atoms with Crippen LogP contribution in [-0.2, 0) is 5.54 Å². The number of hydrogen-bond donors (Lipinski definition) is 0. The molecule has 1 aliphatic heterocycles. The monoisotopic (exact) mass is 301 g/mol. The topological polar surface area (TPSA) is 46.1 Å². The van der Waals surface area contributed by atoms with E-state index in [-0.39, 0.29) is 5.91 Å². The molecule has 5 heteroatoms. The van der Waals surface area contributed by atoms with E-state index in [1.165, 1.54) is 11.3 Å². The lowest BCUT2D eigenvalue weighted by Crippen LogP contribution is -2.43. The number of likely N-dealkylation sites (tertiary alicyclic amines) is 1. The summed E-state index contributed by atoms with van der Waals surface area (Å²) in [7, 11) is 0. The summed E-state index contributed by atoms with van der Waals surface area (Å²) in [6, 6.07) is 3.85. The van der Waals surface area contributed by atoms with E-state index < -0.39 is 5.54 Å². The summed E-state index contributed by atoms with van der Waals surface area (Å²) < 4.78 is 0. The second-order valence-corrected chi connectivity index (χ2v) is 6.76. The fourth-order valence-electron chi connectivity index (χ4n) is 2.91. The summed E-state index contributed by atoms with van der Waals surface area (Å²) in [5.74, 6) is 0.847. The molecule has 3 heterocycles. The number of nitrogens with zero attached hydrogens (tertiary/aromatic N) is 3. The fourth-order valence-corrected chi connectivity index (χ4v) is 3.75. The van der Waals surface area contributed by atoms with Crippen molar-refractivity contribution in [1.29, 1.82) is 0 Å². The highest BCUT2D eigenvalue weighted by Gasteiger charge is 2.43. The van der Waals surface area contributed by atoms with Crippen molar-refractivity contribution in [3.8, 4) is 0 Å². The number of aromatic nitrogens is 2. The third-order valence-corrected chi connectivity index (χ3v) is 5.14. The predicted octanol–water partition coefficient (Wildman–Crippen LogP) is 3.31. The average molecular weight is 301 g/mol. The van der Waals surface area contributed by atoms with E-state index in [1.54, 1.807) is 6.20 Å². The first-order valence-corrected chi connectivity index (χ1v) is 8.06. The van der Waals surface area contributed by atoms with E-state index in [1.807, 2.05) is 36.3 Å². The van der Waals surface area contributed by atoms with Gasteiger partial charge in [0.15, 0.2) is 5.82 Å². The van der Waals surface area contributed by atoms with Crippen molar-refractivity contribution in [2.75, 3.05) is 6.54 Å². The lowest BCUT2D eigenvalue weighted by atomic mass is 9.97. The third kappa shape index (κ3) is 2.46. The second kappa shape index (κ2) is 5.22. The Morgan fingerprint density at radius 1 is 1.43 bits per heavy atom. The second-order valence-electron chi connectivity index (χ2n) is 5.84. The number of amides is 1. The van der Waals surface area contributed by atoms with Gasteiger partial charge in [-0.1, -0.05) is 0 Å². The molecule has 110 valence electrons. The normalized spacial score (nSPS) is 21.8. The first kappa shape index (κ1) is 14.2. The first-order chi connectivity index (χ1) is 10.0. The smallest absolute Gasteiger partial charge is 0.264 e. The highest BCUT2D eigenvalue weighted by atomic mass is 32.1. The van der Waals surface area contributed by atoms with Crippen LogP contribution in [-0.4, -0.2) is 27.3 Å². The number of rotatable bonds is 2. The molecule has 0 saturated carbocycles. The van der Waals surface area contributed by atoms with Gasteiger partial charge in [-0.15, -0.1) is 11.3 Å². The van der Waals surface area contributed by atoms with Gasteiger partial charge in [-0.3, -0.25) is 4.79 Å². The van der Waals surface area contributed by atoms with Crippen LogP contribution in [0.2, 0.25) is 0 Å². The Morgan fingerprint density at radius 2 is 2.24 bits per heavy atom. The molecule has 4 nitrogen and oxygen atoms in total. The summed E-state index contributed by atoms with van der Waals surface area (Å²) in [6.45, 7) is 6.81. The number of thiophene rings is 1. The number of carbonyl (C=O) groups is 1. The minimum Gasteiger partial charge on any atom is -0.325 e. The quantitative estimate of drug-likeness (QED) is 0.855. The van der Waals surface area contributed by atoms with Crippen molar-refractivity contribution < 1.29 is 4.79 Å². The van der Waals surface area contributed by atoms with Crippen molar-refractivity contribution in [3.05, 3.63) is 45.7 Å². The number of aryl methyl sites for hydroxylation is 2. The van der Waals surface area contributed by atoms with Crippen molar-refractivity contribution in [3.63, 3.8) is 0 Å². The SMILES string of the molecule is Cc1csc(C(=O)N2CCC[C@]2(C)c2nccc(C)n2)c1. The zero-order chi connectivity index (χ0) is 15.0. The standard InChI is InChI=1S/C16H19N3OS/c1-11-9-13(21-10-11)14(20)19-8-4-6-16(19,3)15-17-7-5-12(2)18-15/h5,7,9-10H,4,6,8H2,1-3H3/t16-/m1/s1. The predicted molar refractivity (Wildman–Crippen MR) is 83.4 cm³/mol. The zero-order valence-electron chi connectivity index (χ0n) is 12.6. The van der Waals surface area contributed by atoms with Crippen LogP contribution in [0.15, 0.2) is 23.7 Å². The number of carbonyl (C=O) groups excluding carboxylic acids is 1. The molecule has 2 aromatic heterocycles. The van der Waals surface area contributed by atoms with Gasteiger partial charge < -0.3 is 4.90 Å². The first-order valence-electron chi connectivity index (χ1n) is 7.18. The molecular weight excluding hydrogens is 282 g/mol. The maximum atomic E-state index is 12.8. The average Bonchev–Trinajstić information content (AvgIpc) is 3.05. The molecule has 0 aromatic carbocycles. The molecule has 1 atom stereocenters. The van der Waals surface area contributed by atoms with Gasteiger partial charge in [-0.05, 0) is 56.7 Å². The highest BCUT2D eigenvalue weighted by Crippen LogP contribution is 2.38. The third-order valence-electron chi connectivity index (χ3n) is 4.10. The molecule has 2 aromatic rings. The van der Waals surface area contributed by atoms with Gasteiger partial charge >= 0.3 is 0 Å². The van der Waals surface area contributed by atoms with Gasteiger partial charge in [-0.25, -0.2) is 9.97 Å². The van der Waals surface area contributed by atoms with Crippen LogP contribution < -0.4 is 0 Å². The molecule has 1 aliphatic rings. The lowest BCUT2D eigenvalue weighted by molar-refractivity contribution is 0.0608. The molecular formula is C16H19N3OS. The minimum absolute atomic E-state index is 0.0956. The van der Waals surface area contributed by atoms with E-state index in [0.717, 1.165) is 41.3 Å². The zero-order valence-corrected chi connectivity index (χ0v) is 13.4. The summed E-state index contributed by atoms with van der Waals surface area (Å²) >= 11 is 1.51. The Hall–Kier alpha value is -1.75. The lowest BCUT2D eigenvalue weighted by Gasteiger charge is -2.33. The Kier molecular flexibility index (Phi) is 3.53. The molecule has 0 radical (unpaired) electrons. The van der Waals surface area contributed by atoms with E-state index >= 15 is 0 Å².